The number of hydrogen-bond acceptors (Lipinski definition) is 5. The number of rotatable bonds is 3. The first-order valence-corrected chi connectivity index (χ1v) is 9.10. The fraction of sp³-hybridized carbons (Fsp3) is 0.250. The predicted molar refractivity (Wildman–Crippen MR) is 101 cm³/mol. The maximum absolute atomic E-state index is 12.7. The van der Waals surface area contributed by atoms with E-state index in [1.165, 1.54) is 12.8 Å². The fourth-order valence-electron chi connectivity index (χ4n) is 3.72. The first-order valence-electron chi connectivity index (χ1n) is 9.10. The molecule has 0 unspecified atom stereocenters. The van der Waals surface area contributed by atoms with Crippen LogP contribution in [-0.4, -0.2) is 38.9 Å². The standard InChI is InChI=1S/C20H19N5O2/c26-16-5-3-4-14(10-16)24-13-18-17(20(24)27)12-25(22-18)15-6-7-19(21-11-15)23-8-1-2-9-23/h3-7,10-12,26H,1-2,8-9,13H2. The summed E-state index contributed by atoms with van der Waals surface area (Å²) in [5.41, 5.74) is 2.82. The molecule has 0 saturated carbocycles. The Morgan fingerprint density at radius 3 is 2.59 bits per heavy atom. The Bertz CT molecular complexity index is 1010. The van der Waals surface area contributed by atoms with Crippen molar-refractivity contribution in [3.63, 3.8) is 0 Å². The summed E-state index contributed by atoms with van der Waals surface area (Å²) in [6, 6.07) is 10.7. The van der Waals surface area contributed by atoms with E-state index in [1.54, 1.807) is 46.2 Å². The number of carbonyl (C=O) groups is 1. The molecule has 2 aliphatic rings. The SMILES string of the molecule is O=C1c2cn(-c3ccc(N4CCCC4)nc3)nc2CN1c1cccc(O)c1. The molecule has 27 heavy (non-hydrogen) atoms. The summed E-state index contributed by atoms with van der Waals surface area (Å²) in [6.45, 7) is 2.51. The molecule has 0 radical (unpaired) electrons. The number of fused-ring (bicyclic) bond motifs is 1. The van der Waals surface area contributed by atoms with Crippen LogP contribution in [0.1, 0.15) is 28.9 Å². The maximum Gasteiger partial charge on any atom is 0.262 e. The lowest BCUT2D eigenvalue weighted by Gasteiger charge is -2.17. The summed E-state index contributed by atoms with van der Waals surface area (Å²) in [7, 11) is 0. The molecule has 7 heteroatoms. The van der Waals surface area contributed by atoms with Gasteiger partial charge in [0.2, 0.25) is 0 Å². The molecule has 2 aromatic heterocycles. The smallest absolute Gasteiger partial charge is 0.262 e. The third kappa shape index (κ3) is 2.71. The number of nitrogens with zero attached hydrogens (tertiary/aromatic N) is 5. The second kappa shape index (κ2) is 6.12. The number of pyridine rings is 1. The number of aromatic hydroxyl groups is 1. The molecule has 4 heterocycles. The third-order valence-corrected chi connectivity index (χ3v) is 5.14. The van der Waals surface area contributed by atoms with Crippen LogP contribution < -0.4 is 9.80 Å². The average Bonchev–Trinajstić information content (AvgIpc) is 3.40. The number of amides is 1. The van der Waals surface area contributed by atoms with Crippen molar-refractivity contribution in [1.82, 2.24) is 14.8 Å². The number of anilines is 2. The Balaban J connectivity index is 1.39. The van der Waals surface area contributed by atoms with E-state index in [0.717, 1.165) is 30.3 Å². The van der Waals surface area contributed by atoms with E-state index >= 15 is 0 Å². The molecular weight excluding hydrogens is 342 g/mol. The van der Waals surface area contributed by atoms with Crippen LogP contribution in [0.15, 0.2) is 48.8 Å². The quantitative estimate of drug-likeness (QED) is 0.776. The van der Waals surface area contributed by atoms with Crippen LogP contribution in [0.2, 0.25) is 0 Å². The highest BCUT2D eigenvalue weighted by atomic mass is 16.3. The number of carbonyl (C=O) groups excluding carboxylic acids is 1. The monoisotopic (exact) mass is 361 g/mol. The van der Waals surface area contributed by atoms with Gasteiger partial charge in [-0.2, -0.15) is 5.10 Å². The van der Waals surface area contributed by atoms with Gasteiger partial charge in [0, 0.05) is 31.0 Å². The lowest BCUT2D eigenvalue weighted by molar-refractivity contribution is 0.0996. The summed E-state index contributed by atoms with van der Waals surface area (Å²) < 4.78 is 1.71. The van der Waals surface area contributed by atoms with Crippen molar-refractivity contribution in [2.24, 2.45) is 0 Å². The van der Waals surface area contributed by atoms with E-state index in [9.17, 15) is 9.90 Å². The van der Waals surface area contributed by atoms with E-state index < -0.39 is 0 Å². The molecule has 1 fully saturated rings. The number of phenolic OH excluding ortho intramolecular Hbond substituents is 1. The van der Waals surface area contributed by atoms with Gasteiger partial charge in [-0.1, -0.05) is 6.07 Å². The van der Waals surface area contributed by atoms with E-state index in [0.29, 0.717) is 17.8 Å². The summed E-state index contributed by atoms with van der Waals surface area (Å²) in [5, 5.41) is 14.2. The first-order chi connectivity index (χ1) is 13.2. The Hall–Kier alpha value is -3.35. The van der Waals surface area contributed by atoms with Crippen LogP contribution in [0.3, 0.4) is 0 Å². The topological polar surface area (TPSA) is 74.5 Å². The lowest BCUT2D eigenvalue weighted by Crippen LogP contribution is -2.23. The van der Waals surface area contributed by atoms with Gasteiger partial charge in [-0.15, -0.1) is 0 Å². The van der Waals surface area contributed by atoms with Crippen molar-refractivity contribution >= 4 is 17.4 Å². The van der Waals surface area contributed by atoms with Gasteiger partial charge >= 0.3 is 0 Å². The van der Waals surface area contributed by atoms with Crippen LogP contribution in [0.25, 0.3) is 5.69 Å². The Kier molecular flexibility index (Phi) is 3.60. The molecule has 0 bridgehead atoms. The molecule has 0 spiro atoms. The zero-order valence-corrected chi connectivity index (χ0v) is 14.7. The molecule has 3 aromatic rings. The van der Waals surface area contributed by atoms with Crippen LogP contribution in [-0.2, 0) is 6.54 Å². The molecule has 1 amide bonds. The minimum absolute atomic E-state index is 0.108. The predicted octanol–water partition coefficient (Wildman–Crippen LogP) is 2.73. The molecule has 1 aromatic carbocycles. The van der Waals surface area contributed by atoms with Crippen molar-refractivity contribution in [2.45, 2.75) is 19.4 Å². The molecule has 1 saturated heterocycles. The number of aromatic nitrogens is 3. The Labute approximate surface area is 156 Å². The van der Waals surface area contributed by atoms with E-state index in [-0.39, 0.29) is 11.7 Å². The summed E-state index contributed by atoms with van der Waals surface area (Å²) in [4.78, 5) is 21.2. The molecule has 0 aliphatic carbocycles. The highest BCUT2D eigenvalue weighted by Gasteiger charge is 2.32. The Morgan fingerprint density at radius 1 is 1.04 bits per heavy atom. The number of phenols is 1. The zero-order valence-electron chi connectivity index (χ0n) is 14.7. The van der Waals surface area contributed by atoms with Crippen LogP contribution in [0, 0.1) is 0 Å². The van der Waals surface area contributed by atoms with Gasteiger partial charge in [-0.25, -0.2) is 9.67 Å². The molecular formula is C20H19N5O2. The summed E-state index contributed by atoms with van der Waals surface area (Å²) >= 11 is 0. The van der Waals surface area contributed by atoms with Crippen molar-refractivity contribution < 1.29 is 9.90 Å². The van der Waals surface area contributed by atoms with Gasteiger partial charge in [-0.3, -0.25) is 4.79 Å². The van der Waals surface area contributed by atoms with Gasteiger partial charge < -0.3 is 14.9 Å². The Morgan fingerprint density at radius 2 is 1.89 bits per heavy atom. The van der Waals surface area contributed by atoms with Gasteiger partial charge in [0.15, 0.2) is 0 Å². The molecule has 0 atom stereocenters. The largest absolute Gasteiger partial charge is 0.508 e. The summed E-state index contributed by atoms with van der Waals surface area (Å²) in [6.07, 6.45) is 5.99. The minimum Gasteiger partial charge on any atom is -0.508 e. The van der Waals surface area contributed by atoms with Gasteiger partial charge in [-0.05, 0) is 37.1 Å². The highest BCUT2D eigenvalue weighted by Crippen LogP contribution is 2.30. The molecule has 7 nitrogen and oxygen atoms in total. The van der Waals surface area contributed by atoms with E-state index in [2.05, 4.69) is 15.0 Å². The minimum atomic E-state index is -0.108. The molecule has 2 aliphatic heterocycles. The van der Waals surface area contributed by atoms with Crippen LogP contribution >= 0.6 is 0 Å². The van der Waals surface area contributed by atoms with Gasteiger partial charge in [0.05, 0.1) is 29.7 Å². The first kappa shape index (κ1) is 15.9. The van der Waals surface area contributed by atoms with Crippen molar-refractivity contribution in [3.05, 3.63) is 60.0 Å². The van der Waals surface area contributed by atoms with Gasteiger partial charge in [0.25, 0.3) is 5.91 Å². The molecule has 136 valence electrons. The van der Waals surface area contributed by atoms with Crippen LogP contribution in [0.4, 0.5) is 11.5 Å². The molecule has 5 rings (SSSR count). The van der Waals surface area contributed by atoms with Gasteiger partial charge in [0.1, 0.15) is 11.6 Å². The fourth-order valence-corrected chi connectivity index (χ4v) is 3.72. The maximum atomic E-state index is 12.7. The summed E-state index contributed by atoms with van der Waals surface area (Å²) in [5.74, 6) is 1.02. The van der Waals surface area contributed by atoms with Crippen molar-refractivity contribution in [2.75, 3.05) is 22.9 Å². The number of hydrogen-bond donors (Lipinski definition) is 1. The second-order valence-corrected chi connectivity index (χ2v) is 6.91. The highest BCUT2D eigenvalue weighted by molar-refractivity contribution is 6.09. The van der Waals surface area contributed by atoms with Crippen LogP contribution in [0.5, 0.6) is 5.75 Å². The zero-order chi connectivity index (χ0) is 18.4. The van der Waals surface area contributed by atoms with E-state index in [1.807, 2.05) is 12.1 Å². The van der Waals surface area contributed by atoms with Crippen molar-refractivity contribution in [3.8, 4) is 11.4 Å². The number of benzene rings is 1. The van der Waals surface area contributed by atoms with E-state index in [4.69, 9.17) is 0 Å². The van der Waals surface area contributed by atoms with Crippen molar-refractivity contribution in [1.29, 1.82) is 0 Å². The normalized spacial score (nSPS) is 16.2. The third-order valence-electron chi connectivity index (χ3n) is 5.14. The molecule has 1 N–H and O–H groups in total. The second-order valence-electron chi connectivity index (χ2n) is 6.91. The average molecular weight is 361 g/mol. The lowest BCUT2D eigenvalue weighted by atomic mass is 10.2.